The van der Waals surface area contributed by atoms with Gasteiger partial charge in [-0.05, 0) is 12.1 Å². The summed E-state index contributed by atoms with van der Waals surface area (Å²) in [6, 6.07) is 14.5. The second kappa shape index (κ2) is 2.97. The third-order valence-electron chi connectivity index (χ3n) is 2.36. The van der Waals surface area contributed by atoms with E-state index in [0.717, 1.165) is 5.02 Å². The summed E-state index contributed by atoms with van der Waals surface area (Å²) in [7, 11) is 0. The zero-order chi connectivity index (χ0) is 9.54. The van der Waals surface area contributed by atoms with Gasteiger partial charge in [0, 0.05) is 15.5 Å². The van der Waals surface area contributed by atoms with Gasteiger partial charge in [-0.2, -0.15) is 0 Å². The molecule has 0 aliphatic heterocycles. The van der Waals surface area contributed by atoms with Gasteiger partial charge in [0.25, 0.3) is 0 Å². The van der Waals surface area contributed by atoms with Gasteiger partial charge in [-0.3, -0.25) is 0 Å². The zero-order valence-corrected chi connectivity index (χ0v) is 8.90. The highest BCUT2D eigenvalue weighted by molar-refractivity contribution is 7.26. The van der Waals surface area contributed by atoms with Crippen molar-refractivity contribution in [2.75, 3.05) is 0 Å². The molecule has 0 amide bonds. The first-order valence-electron chi connectivity index (χ1n) is 4.42. The first-order valence-corrected chi connectivity index (χ1v) is 5.61. The normalized spacial score (nSPS) is 11.2. The van der Waals surface area contributed by atoms with E-state index in [2.05, 4.69) is 30.3 Å². The minimum Gasteiger partial charge on any atom is -0.134 e. The zero-order valence-electron chi connectivity index (χ0n) is 7.33. The molecule has 0 atom stereocenters. The molecule has 0 saturated heterocycles. The molecule has 0 nitrogen and oxygen atoms in total. The van der Waals surface area contributed by atoms with Crippen LogP contribution in [0, 0.1) is 0 Å². The number of rotatable bonds is 0. The summed E-state index contributed by atoms with van der Waals surface area (Å²) in [6.07, 6.45) is 0. The molecule has 0 radical (unpaired) electrons. The predicted octanol–water partition coefficient (Wildman–Crippen LogP) is 4.71. The number of halogens is 1. The molecule has 0 unspecified atom stereocenters. The SMILES string of the molecule is Clc1cccc2c1sc1ccccc12. The molecule has 0 aliphatic carbocycles. The van der Waals surface area contributed by atoms with Gasteiger partial charge in [0.15, 0.2) is 0 Å². The van der Waals surface area contributed by atoms with Crippen LogP contribution in [0.25, 0.3) is 20.2 Å². The van der Waals surface area contributed by atoms with Gasteiger partial charge in [0.1, 0.15) is 0 Å². The molecule has 1 heterocycles. The molecular formula is C12H7ClS. The van der Waals surface area contributed by atoms with E-state index < -0.39 is 0 Å². The van der Waals surface area contributed by atoms with Crippen molar-refractivity contribution in [3.8, 4) is 0 Å². The topological polar surface area (TPSA) is 0 Å². The molecule has 14 heavy (non-hydrogen) atoms. The van der Waals surface area contributed by atoms with Crippen molar-refractivity contribution in [2.45, 2.75) is 0 Å². The van der Waals surface area contributed by atoms with Gasteiger partial charge in [-0.15, -0.1) is 11.3 Å². The first-order chi connectivity index (χ1) is 6.86. The molecule has 1 aromatic heterocycles. The second-order valence-electron chi connectivity index (χ2n) is 3.21. The van der Waals surface area contributed by atoms with Crippen LogP contribution in [0.2, 0.25) is 5.02 Å². The lowest BCUT2D eigenvalue weighted by atomic mass is 10.2. The van der Waals surface area contributed by atoms with Crippen molar-refractivity contribution in [3.05, 3.63) is 47.5 Å². The molecule has 0 N–H and O–H groups in total. The van der Waals surface area contributed by atoms with Crippen LogP contribution in [0.15, 0.2) is 42.5 Å². The van der Waals surface area contributed by atoms with Crippen molar-refractivity contribution in [2.24, 2.45) is 0 Å². The van der Waals surface area contributed by atoms with Crippen LogP contribution in [0.3, 0.4) is 0 Å². The molecule has 0 fully saturated rings. The highest BCUT2D eigenvalue weighted by Gasteiger charge is 2.05. The Kier molecular flexibility index (Phi) is 1.76. The summed E-state index contributed by atoms with van der Waals surface area (Å²) in [5.41, 5.74) is 0. The molecule has 3 rings (SSSR count). The summed E-state index contributed by atoms with van der Waals surface area (Å²) < 4.78 is 2.49. The lowest BCUT2D eigenvalue weighted by Crippen LogP contribution is -1.65. The smallest absolute Gasteiger partial charge is 0.0584 e. The largest absolute Gasteiger partial charge is 0.134 e. The molecule has 68 valence electrons. The Morgan fingerprint density at radius 1 is 0.857 bits per heavy atom. The van der Waals surface area contributed by atoms with Crippen LogP contribution in [-0.4, -0.2) is 0 Å². The van der Waals surface area contributed by atoms with E-state index in [-0.39, 0.29) is 0 Å². The third kappa shape index (κ3) is 1.06. The number of thiophene rings is 1. The lowest BCUT2D eigenvalue weighted by molar-refractivity contribution is 1.84. The first kappa shape index (κ1) is 8.27. The molecular weight excluding hydrogens is 212 g/mol. The quantitative estimate of drug-likeness (QED) is 0.513. The fourth-order valence-electron chi connectivity index (χ4n) is 1.71. The minimum atomic E-state index is 0.851. The van der Waals surface area contributed by atoms with Gasteiger partial charge >= 0.3 is 0 Å². The summed E-state index contributed by atoms with van der Waals surface area (Å²) in [5.74, 6) is 0. The number of benzene rings is 2. The maximum absolute atomic E-state index is 6.14. The van der Waals surface area contributed by atoms with Crippen LogP contribution in [0.5, 0.6) is 0 Å². The fraction of sp³-hybridized carbons (Fsp3) is 0. The third-order valence-corrected chi connectivity index (χ3v) is 4.00. The summed E-state index contributed by atoms with van der Waals surface area (Å²) in [4.78, 5) is 0. The van der Waals surface area contributed by atoms with Crippen molar-refractivity contribution in [1.82, 2.24) is 0 Å². The highest BCUT2D eigenvalue weighted by atomic mass is 35.5. The number of fused-ring (bicyclic) bond motifs is 3. The summed E-state index contributed by atoms with van der Waals surface area (Å²) in [5, 5.41) is 3.41. The van der Waals surface area contributed by atoms with Crippen LogP contribution in [-0.2, 0) is 0 Å². The molecule has 0 bridgehead atoms. The van der Waals surface area contributed by atoms with Crippen molar-refractivity contribution in [1.29, 1.82) is 0 Å². The van der Waals surface area contributed by atoms with E-state index >= 15 is 0 Å². The molecule has 3 aromatic rings. The van der Waals surface area contributed by atoms with Crippen molar-refractivity contribution >= 4 is 43.1 Å². The van der Waals surface area contributed by atoms with Gasteiger partial charge < -0.3 is 0 Å². The number of hydrogen-bond acceptors (Lipinski definition) is 1. The van der Waals surface area contributed by atoms with Crippen molar-refractivity contribution in [3.63, 3.8) is 0 Å². The Hall–Kier alpha value is -1.05. The molecule has 2 aromatic carbocycles. The fourth-order valence-corrected chi connectivity index (χ4v) is 3.11. The average Bonchev–Trinajstić information content (AvgIpc) is 2.59. The Labute approximate surface area is 90.7 Å². The molecule has 2 heteroatoms. The average molecular weight is 219 g/mol. The highest BCUT2D eigenvalue weighted by Crippen LogP contribution is 2.37. The van der Waals surface area contributed by atoms with Crippen molar-refractivity contribution < 1.29 is 0 Å². The standard InChI is InChI=1S/C12H7ClS/c13-10-6-3-5-9-8-4-1-2-7-11(8)14-12(9)10/h1-7H. The Bertz CT molecular complexity index is 610. The van der Waals surface area contributed by atoms with Crippen LogP contribution < -0.4 is 0 Å². The van der Waals surface area contributed by atoms with E-state index in [4.69, 9.17) is 11.6 Å². The summed E-state index contributed by atoms with van der Waals surface area (Å²) in [6.45, 7) is 0. The van der Waals surface area contributed by atoms with E-state index in [1.165, 1.54) is 20.2 Å². The van der Waals surface area contributed by atoms with Crippen LogP contribution in [0.1, 0.15) is 0 Å². The van der Waals surface area contributed by atoms with E-state index in [1.807, 2.05) is 12.1 Å². The monoisotopic (exact) mass is 218 g/mol. The van der Waals surface area contributed by atoms with Gasteiger partial charge in [0.2, 0.25) is 0 Å². The number of hydrogen-bond donors (Lipinski definition) is 0. The van der Waals surface area contributed by atoms with Gasteiger partial charge in [-0.1, -0.05) is 41.9 Å². The van der Waals surface area contributed by atoms with Crippen LogP contribution >= 0.6 is 22.9 Å². The minimum absolute atomic E-state index is 0.851. The lowest BCUT2D eigenvalue weighted by Gasteiger charge is -1.91. The molecule has 0 aliphatic rings. The van der Waals surface area contributed by atoms with E-state index in [9.17, 15) is 0 Å². The van der Waals surface area contributed by atoms with Gasteiger partial charge in [0.05, 0.1) is 9.72 Å². The maximum atomic E-state index is 6.14. The van der Waals surface area contributed by atoms with E-state index in [1.54, 1.807) is 11.3 Å². The van der Waals surface area contributed by atoms with E-state index in [0.29, 0.717) is 0 Å². The Morgan fingerprint density at radius 2 is 1.64 bits per heavy atom. The van der Waals surface area contributed by atoms with Crippen LogP contribution in [0.4, 0.5) is 0 Å². The second-order valence-corrected chi connectivity index (χ2v) is 4.67. The molecule has 0 saturated carbocycles. The Balaban J connectivity index is 2.63. The predicted molar refractivity (Wildman–Crippen MR) is 64.3 cm³/mol. The Morgan fingerprint density at radius 3 is 2.57 bits per heavy atom. The van der Waals surface area contributed by atoms with Gasteiger partial charge in [-0.25, -0.2) is 0 Å². The molecule has 0 spiro atoms. The maximum Gasteiger partial charge on any atom is 0.0584 e. The summed E-state index contributed by atoms with van der Waals surface area (Å²) >= 11 is 7.90.